The normalized spacial score (nSPS) is 23.7. The summed E-state index contributed by atoms with van der Waals surface area (Å²) < 4.78 is 0. The van der Waals surface area contributed by atoms with E-state index in [4.69, 9.17) is 0 Å². The average Bonchev–Trinajstić information content (AvgIpc) is 2.44. The third-order valence-electron chi connectivity index (χ3n) is 4.19. The molecule has 1 heterocycles. The second kappa shape index (κ2) is 5.27. The molecule has 4 heteroatoms. The number of carbonyl (C=O) groups is 2. The number of amides is 2. The smallest absolute Gasteiger partial charge is 0.250 e. The maximum atomic E-state index is 12.8. The van der Waals surface area contributed by atoms with Crippen molar-refractivity contribution in [1.82, 2.24) is 10.2 Å². The van der Waals surface area contributed by atoms with Crippen LogP contribution in [0.3, 0.4) is 0 Å². The van der Waals surface area contributed by atoms with Crippen LogP contribution < -0.4 is 5.32 Å². The summed E-state index contributed by atoms with van der Waals surface area (Å²) in [6, 6.07) is 8.38. The van der Waals surface area contributed by atoms with Gasteiger partial charge in [-0.3, -0.25) is 9.59 Å². The second-order valence-corrected chi connectivity index (χ2v) is 5.90. The molecule has 0 bridgehead atoms. The maximum Gasteiger partial charge on any atom is 0.250 e. The van der Waals surface area contributed by atoms with Crippen LogP contribution in [0.2, 0.25) is 0 Å². The summed E-state index contributed by atoms with van der Waals surface area (Å²) in [5, 5.41) is 2.83. The first-order valence-electron chi connectivity index (χ1n) is 7.07. The molecule has 1 aromatic carbocycles. The SMILES string of the molecule is CCC(C)(C)N1C(=O)C(c2ccccc2)NC(=O)C1C. The minimum Gasteiger partial charge on any atom is -0.339 e. The molecule has 1 aliphatic rings. The van der Waals surface area contributed by atoms with Crippen molar-refractivity contribution in [3.8, 4) is 0 Å². The van der Waals surface area contributed by atoms with Gasteiger partial charge < -0.3 is 10.2 Å². The Morgan fingerprint density at radius 2 is 1.80 bits per heavy atom. The lowest BCUT2D eigenvalue weighted by atomic mass is 9.92. The van der Waals surface area contributed by atoms with Gasteiger partial charge in [-0.25, -0.2) is 0 Å². The van der Waals surface area contributed by atoms with E-state index in [2.05, 4.69) is 5.32 Å². The fraction of sp³-hybridized carbons (Fsp3) is 0.500. The lowest BCUT2D eigenvalue weighted by Gasteiger charge is -2.46. The highest BCUT2D eigenvalue weighted by Gasteiger charge is 2.44. The first-order valence-corrected chi connectivity index (χ1v) is 7.07. The molecule has 0 saturated carbocycles. The van der Waals surface area contributed by atoms with Gasteiger partial charge in [0, 0.05) is 5.54 Å². The van der Waals surface area contributed by atoms with E-state index in [-0.39, 0.29) is 17.4 Å². The zero-order chi connectivity index (χ0) is 14.9. The Morgan fingerprint density at radius 3 is 2.35 bits per heavy atom. The van der Waals surface area contributed by atoms with Gasteiger partial charge in [0.15, 0.2) is 0 Å². The number of rotatable bonds is 3. The van der Waals surface area contributed by atoms with E-state index < -0.39 is 12.1 Å². The van der Waals surface area contributed by atoms with Gasteiger partial charge in [0.2, 0.25) is 5.91 Å². The number of benzene rings is 1. The zero-order valence-electron chi connectivity index (χ0n) is 12.5. The van der Waals surface area contributed by atoms with E-state index >= 15 is 0 Å². The monoisotopic (exact) mass is 274 g/mol. The highest BCUT2D eigenvalue weighted by atomic mass is 16.2. The summed E-state index contributed by atoms with van der Waals surface area (Å²) in [5.41, 5.74) is 0.496. The number of hydrogen-bond acceptors (Lipinski definition) is 2. The Hall–Kier alpha value is -1.84. The molecule has 1 aromatic rings. The van der Waals surface area contributed by atoms with Gasteiger partial charge in [0.1, 0.15) is 12.1 Å². The standard InChI is InChI=1S/C16H22N2O2/c1-5-16(3,4)18-11(2)14(19)17-13(15(18)20)12-9-7-6-8-10-12/h6-11,13H,5H2,1-4H3,(H,17,19). The first-order chi connectivity index (χ1) is 9.38. The van der Waals surface area contributed by atoms with Crippen molar-refractivity contribution in [2.45, 2.75) is 51.7 Å². The van der Waals surface area contributed by atoms with Crippen LogP contribution in [0, 0.1) is 0 Å². The summed E-state index contributed by atoms with van der Waals surface area (Å²) in [4.78, 5) is 26.7. The fourth-order valence-electron chi connectivity index (χ4n) is 2.64. The maximum absolute atomic E-state index is 12.8. The van der Waals surface area contributed by atoms with Crippen LogP contribution in [0.5, 0.6) is 0 Å². The van der Waals surface area contributed by atoms with E-state index in [0.29, 0.717) is 0 Å². The van der Waals surface area contributed by atoms with Crippen LogP contribution in [0.15, 0.2) is 30.3 Å². The predicted molar refractivity (Wildman–Crippen MR) is 78.0 cm³/mol. The number of carbonyl (C=O) groups excluding carboxylic acids is 2. The van der Waals surface area contributed by atoms with Crippen molar-refractivity contribution in [2.24, 2.45) is 0 Å². The molecule has 0 spiro atoms. The van der Waals surface area contributed by atoms with Crippen molar-refractivity contribution in [3.05, 3.63) is 35.9 Å². The quantitative estimate of drug-likeness (QED) is 0.919. The van der Waals surface area contributed by atoms with Crippen molar-refractivity contribution >= 4 is 11.8 Å². The molecule has 20 heavy (non-hydrogen) atoms. The van der Waals surface area contributed by atoms with Crippen LogP contribution in [-0.2, 0) is 9.59 Å². The van der Waals surface area contributed by atoms with E-state index in [1.54, 1.807) is 11.8 Å². The minimum absolute atomic E-state index is 0.0323. The molecule has 2 unspecified atom stereocenters. The van der Waals surface area contributed by atoms with Crippen LogP contribution in [0.25, 0.3) is 0 Å². The molecule has 0 aliphatic carbocycles. The largest absolute Gasteiger partial charge is 0.339 e. The van der Waals surface area contributed by atoms with Gasteiger partial charge in [0.05, 0.1) is 0 Å². The van der Waals surface area contributed by atoms with Crippen LogP contribution in [0.4, 0.5) is 0 Å². The Labute approximate surface area is 120 Å². The van der Waals surface area contributed by atoms with Gasteiger partial charge in [-0.2, -0.15) is 0 Å². The van der Waals surface area contributed by atoms with Crippen LogP contribution in [-0.4, -0.2) is 28.3 Å². The molecular weight excluding hydrogens is 252 g/mol. The van der Waals surface area contributed by atoms with E-state index in [1.807, 2.05) is 51.1 Å². The molecule has 1 fully saturated rings. The number of piperazine rings is 1. The van der Waals surface area contributed by atoms with E-state index in [9.17, 15) is 9.59 Å². The summed E-state index contributed by atoms with van der Waals surface area (Å²) in [6.45, 7) is 7.82. The van der Waals surface area contributed by atoms with E-state index in [0.717, 1.165) is 12.0 Å². The highest BCUT2D eigenvalue weighted by molar-refractivity contribution is 5.97. The lowest BCUT2D eigenvalue weighted by molar-refractivity contribution is -0.155. The second-order valence-electron chi connectivity index (χ2n) is 5.90. The summed E-state index contributed by atoms with van der Waals surface area (Å²) >= 11 is 0. The fourth-order valence-corrected chi connectivity index (χ4v) is 2.64. The predicted octanol–water partition coefficient (Wildman–Crippen LogP) is 2.26. The lowest BCUT2D eigenvalue weighted by Crippen LogP contribution is -2.64. The zero-order valence-corrected chi connectivity index (χ0v) is 12.5. The van der Waals surface area contributed by atoms with Crippen molar-refractivity contribution in [1.29, 1.82) is 0 Å². The third-order valence-corrected chi connectivity index (χ3v) is 4.19. The molecule has 1 saturated heterocycles. The van der Waals surface area contributed by atoms with Gasteiger partial charge in [0.25, 0.3) is 5.91 Å². The molecule has 2 atom stereocenters. The molecule has 4 nitrogen and oxygen atoms in total. The molecule has 2 rings (SSSR count). The number of hydrogen-bond donors (Lipinski definition) is 1. The highest BCUT2D eigenvalue weighted by Crippen LogP contribution is 2.30. The summed E-state index contributed by atoms with van der Waals surface area (Å²) in [5.74, 6) is -0.130. The average molecular weight is 274 g/mol. The summed E-state index contributed by atoms with van der Waals surface area (Å²) in [6.07, 6.45) is 0.803. The van der Waals surface area contributed by atoms with Crippen LogP contribution in [0.1, 0.15) is 45.7 Å². The van der Waals surface area contributed by atoms with Crippen molar-refractivity contribution < 1.29 is 9.59 Å². The molecule has 1 aliphatic heterocycles. The van der Waals surface area contributed by atoms with Crippen molar-refractivity contribution in [3.63, 3.8) is 0 Å². The van der Waals surface area contributed by atoms with Gasteiger partial charge in [-0.05, 0) is 32.8 Å². The van der Waals surface area contributed by atoms with E-state index in [1.165, 1.54) is 0 Å². The molecule has 0 radical (unpaired) electrons. The Kier molecular flexibility index (Phi) is 3.84. The van der Waals surface area contributed by atoms with Gasteiger partial charge >= 0.3 is 0 Å². The number of nitrogens with one attached hydrogen (secondary N) is 1. The Morgan fingerprint density at radius 1 is 1.20 bits per heavy atom. The molecular formula is C16H22N2O2. The minimum atomic E-state index is -0.578. The third kappa shape index (κ3) is 2.42. The molecule has 1 N–H and O–H groups in total. The van der Waals surface area contributed by atoms with Crippen LogP contribution >= 0.6 is 0 Å². The Balaban J connectivity index is 2.39. The van der Waals surface area contributed by atoms with Gasteiger partial charge in [-0.15, -0.1) is 0 Å². The molecule has 0 aromatic heterocycles. The number of nitrogens with zero attached hydrogens (tertiary/aromatic N) is 1. The topological polar surface area (TPSA) is 49.4 Å². The molecule has 108 valence electrons. The van der Waals surface area contributed by atoms with Crippen molar-refractivity contribution in [2.75, 3.05) is 0 Å². The molecule has 2 amide bonds. The Bertz CT molecular complexity index is 510. The van der Waals surface area contributed by atoms with Gasteiger partial charge in [-0.1, -0.05) is 37.3 Å². The first kappa shape index (κ1) is 14.6. The summed E-state index contributed by atoms with van der Waals surface area (Å²) in [7, 11) is 0.